The highest BCUT2D eigenvalue weighted by Crippen LogP contribution is 2.20. The quantitative estimate of drug-likeness (QED) is 0.687. The van der Waals surface area contributed by atoms with Crippen molar-refractivity contribution in [2.75, 3.05) is 20.1 Å². The van der Waals surface area contributed by atoms with Gasteiger partial charge in [-0.3, -0.25) is 10.1 Å². The Kier molecular flexibility index (Phi) is 7.51. The summed E-state index contributed by atoms with van der Waals surface area (Å²) in [5.41, 5.74) is -1.04. The number of carboxylic acid groups (broad SMARTS) is 1. The molecule has 0 amide bonds. The Morgan fingerprint density at radius 2 is 1.80 bits per heavy atom. The zero-order valence-corrected chi connectivity index (χ0v) is 12.5. The first-order chi connectivity index (χ1) is 8.96. The summed E-state index contributed by atoms with van der Waals surface area (Å²) in [7, 11) is 1.61. The molecule has 0 aliphatic carbocycles. The molecule has 1 unspecified atom stereocenters. The largest absolute Gasteiger partial charge is 0.480 e. The van der Waals surface area contributed by atoms with Gasteiger partial charge in [0.1, 0.15) is 5.54 Å². The van der Waals surface area contributed by atoms with Crippen LogP contribution in [-0.4, -0.2) is 53.9 Å². The second-order valence-electron chi connectivity index (χ2n) is 5.71. The molecule has 0 bridgehead atoms. The first-order valence-corrected chi connectivity index (χ1v) is 6.72. The molecule has 0 spiro atoms. The van der Waals surface area contributed by atoms with Crippen molar-refractivity contribution in [1.82, 2.24) is 10.2 Å². The molecule has 7 heteroatoms. The van der Waals surface area contributed by atoms with Crippen molar-refractivity contribution < 1.29 is 23.1 Å². The van der Waals surface area contributed by atoms with Crippen LogP contribution in [0.25, 0.3) is 0 Å². The lowest BCUT2D eigenvalue weighted by Crippen LogP contribution is -2.52. The van der Waals surface area contributed by atoms with Gasteiger partial charge in [0.2, 0.25) is 0 Å². The summed E-state index contributed by atoms with van der Waals surface area (Å²) in [6.45, 7) is 5.70. The van der Waals surface area contributed by atoms with Gasteiger partial charge in [-0.1, -0.05) is 0 Å². The predicted molar refractivity (Wildman–Crippen MR) is 71.7 cm³/mol. The van der Waals surface area contributed by atoms with E-state index in [9.17, 15) is 23.1 Å². The molecule has 0 aromatic rings. The molecule has 0 aromatic heterocycles. The number of halogens is 3. The van der Waals surface area contributed by atoms with Crippen LogP contribution in [-0.2, 0) is 4.79 Å². The van der Waals surface area contributed by atoms with Crippen LogP contribution in [0.2, 0.25) is 0 Å². The van der Waals surface area contributed by atoms with Crippen LogP contribution in [0.15, 0.2) is 0 Å². The van der Waals surface area contributed by atoms with E-state index in [1.54, 1.807) is 18.9 Å². The highest BCUT2D eigenvalue weighted by molar-refractivity contribution is 5.78. The lowest BCUT2D eigenvalue weighted by molar-refractivity contribution is -0.144. The Labute approximate surface area is 118 Å². The van der Waals surface area contributed by atoms with Crippen molar-refractivity contribution in [2.45, 2.75) is 57.8 Å². The van der Waals surface area contributed by atoms with E-state index in [-0.39, 0.29) is 12.6 Å². The fraction of sp³-hybridized carbons (Fsp3) is 0.923. The second-order valence-corrected chi connectivity index (χ2v) is 5.71. The van der Waals surface area contributed by atoms with Gasteiger partial charge in [0.25, 0.3) is 0 Å². The Morgan fingerprint density at radius 1 is 1.25 bits per heavy atom. The smallest absolute Gasteiger partial charge is 0.390 e. The lowest BCUT2D eigenvalue weighted by Gasteiger charge is -2.29. The van der Waals surface area contributed by atoms with Crippen molar-refractivity contribution >= 4 is 5.97 Å². The first kappa shape index (κ1) is 19.2. The minimum Gasteiger partial charge on any atom is -0.480 e. The number of nitrogens with zero attached hydrogens (tertiary/aromatic N) is 1. The van der Waals surface area contributed by atoms with E-state index < -0.39 is 24.1 Å². The molecule has 1 atom stereocenters. The fourth-order valence-corrected chi connectivity index (χ4v) is 2.01. The van der Waals surface area contributed by atoms with Gasteiger partial charge in [-0.15, -0.1) is 0 Å². The van der Waals surface area contributed by atoms with Crippen LogP contribution >= 0.6 is 0 Å². The molecule has 0 fully saturated rings. The number of nitrogens with one attached hydrogen (secondary N) is 1. The van der Waals surface area contributed by atoms with E-state index in [1.807, 2.05) is 13.8 Å². The molecule has 120 valence electrons. The molecular weight excluding hydrogens is 273 g/mol. The van der Waals surface area contributed by atoms with Gasteiger partial charge in [-0.25, -0.2) is 0 Å². The summed E-state index contributed by atoms with van der Waals surface area (Å²) in [5, 5.41) is 12.2. The first-order valence-electron chi connectivity index (χ1n) is 6.72. The Bertz CT molecular complexity index is 308. The van der Waals surface area contributed by atoms with Crippen LogP contribution in [0, 0.1) is 0 Å². The fourth-order valence-electron chi connectivity index (χ4n) is 2.01. The highest BCUT2D eigenvalue weighted by Gasteiger charge is 2.33. The monoisotopic (exact) mass is 298 g/mol. The van der Waals surface area contributed by atoms with Crippen LogP contribution in [0.4, 0.5) is 13.2 Å². The molecule has 4 nitrogen and oxygen atoms in total. The van der Waals surface area contributed by atoms with Gasteiger partial charge >= 0.3 is 12.1 Å². The van der Waals surface area contributed by atoms with E-state index in [1.165, 1.54) is 0 Å². The molecule has 0 heterocycles. The zero-order chi connectivity index (χ0) is 16.0. The van der Waals surface area contributed by atoms with Gasteiger partial charge in [0, 0.05) is 12.6 Å². The number of carbonyl (C=O) groups is 1. The molecule has 0 radical (unpaired) electrons. The van der Waals surface area contributed by atoms with Gasteiger partial charge in [-0.05, 0) is 47.2 Å². The van der Waals surface area contributed by atoms with Crippen LogP contribution < -0.4 is 5.32 Å². The second kappa shape index (κ2) is 7.83. The molecule has 0 saturated carbocycles. The van der Waals surface area contributed by atoms with E-state index in [0.29, 0.717) is 19.4 Å². The summed E-state index contributed by atoms with van der Waals surface area (Å²) in [6.07, 6.45) is -4.10. The number of hydrogen-bond acceptors (Lipinski definition) is 3. The lowest BCUT2D eigenvalue weighted by atomic mass is 9.94. The van der Waals surface area contributed by atoms with Crippen LogP contribution in [0.5, 0.6) is 0 Å². The molecule has 2 N–H and O–H groups in total. The minimum atomic E-state index is -4.15. The van der Waals surface area contributed by atoms with Crippen molar-refractivity contribution in [2.24, 2.45) is 0 Å². The molecule has 0 aliphatic rings. The summed E-state index contributed by atoms with van der Waals surface area (Å²) in [4.78, 5) is 12.8. The van der Waals surface area contributed by atoms with Crippen LogP contribution in [0.1, 0.15) is 40.0 Å². The van der Waals surface area contributed by atoms with Crippen LogP contribution in [0.3, 0.4) is 0 Å². The average Bonchev–Trinajstić information content (AvgIpc) is 2.24. The minimum absolute atomic E-state index is 0.0269. The van der Waals surface area contributed by atoms with Gasteiger partial charge in [-0.2, -0.15) is 13.2 Å². The maximum absolute atomic E-state index is 12.1. The number of rotatable bonds is 9. The standard InChI is InChI=1S/C13H25F3N2O2/c1-10(2)17-12(3,11(19)20)6-5-8-18(4)9-7-13(14,15)16/h10,17H,5-9H2,1-4H3,(H,19,20). The molecule has 20 heavy (non-hydrogen) atoms. The Hall–Kier alpha value is -0.820. The topological polar surface area (TPSA) is 52.6 Å². The van der Waals surface area contributed by atoms with Crippen molar-refractivity contribution in [3.8, 4) is 0 Å². The Balaban J connectivity index is 4.15. The summed E-state index contributed by atoms with van der Waals surface area (Å²) in [6, 6.07) is 0.0269. The van der Waals surface area contributed by atoms with E-state index in [0.717, 1.165) is 0 Å². The summed E-state index contributed by atoms with van der Waals surface area (Å²) in [5.74, 6) is -0.941. The maximum Gasteiger partial charge on any atom is 0.390 e. The summed E-state index contributed by atoms with van der Waals surface area (Å²) < 4.78 is 36.2. The maximum atomic E-state index is 12.1. The van der Waals surface area contributed by atoms with Gasteiger partial charge in [0.05, 0.1) is 6.42 Å². The normalized spacial score (nSPS) is 15.7. The van der Waals surface area contributed by atoms with Crippen molar-refractivity contribution in [1.29, 1.82) is 0 Å². The molecule has 0 rings (SSSR count). The number of carboxylic acids is 1. The summed E-state index contributed by atoms with van der Waals surface area (Å²) >= 11 is 0. The number of aliphatic carboxylic acids is 1. The van der Waals surface area contributed by atoms with E-state index in [4.69, 9.17) is 0 Å². The van der Waals surface area contributed by atoms with Gasteiger partial charge in [0.15, 0.2) is 0 Å². The SMILES string of the molecule is CC(C)NC(C)(CCCN(C)CCC(F)(F)F)C(=O)O. The third-order valence-corrected chi connectivity index (χ3v) is 3.07. The average molecular weight is 298 g/mol. The van der Waals surface area contributed by atoms with Crippen molar-refractivity contribution in [3.63, 3.8) is 0 Å². The number of hydrogen-bond donors (Lipinski definition) is 2. The molecule has 0 saturated heterocycles. The molecule has 0 aromatic carbocycles. The third-order valence-electron chi connectivity index (χ3n) is 3.07. The number of alkyl halides is 3. The predicted octanol–water partition coefficient (Wildman–Crippen LogP) is 2.49. The van der Waals surface area contributed by atoms with E-state index >= 15 is 0 Å². The third kappa shape index (κ3) is 8.37. The van der Waals surface area contributed by atoms with Crippen molar-refractivity contribution in [3.05, 3.63) is 0 Å². The Morgan fingerprint density at radius 3 is 2.20 bits per heavy atom. The zero-order valence-electron chi connectivity index (χ0n) is 12.5. The molecule has 0 aliphatic heterocycles. The van der Waals surface area contributed by atoms with Gasteiger partial charge < -0.3 is 10.0 Å². The highest BCUT2D eigenvalue weighted by atomic mass is 19.4. The molecular formula is C13H25F3N2O2. The van der Waals surface area contributed by atoms with E-state index in [2.05, 4.69) is 5.32 Å².